The summed E-state index contributed by atoms with van der Waals surface area (Å²) in [6.45, 7) is 4.23. The summed E-state index contributed by atoms with van der Waals surface area (Å²) in [5.41, 5.74) is 0.811. The first kappa shape index (κ1) is 14.9. The first-order valence-electron chi connectivity index (χ1n) is 7.42. The van der Waals surface area contributed by atoms with Crippen molar-refractivity contribution in [2.24, 2.45) is 0 Å². The van der Waals surface area contributed by atoms with Crippen LogP contribution in [0.2, 0.25) is 0 Å². The van der Waals surface area contributed by atoms with Crippen molar-refractivity contribution >= 4 is 5.97 Å². The Hall–Kier alpha value is -1.55. The Morgan fingerprint density at radius 2 is 2.00 bits per heavy atom. The van der Waals surface area contributed by atoms with Gasteiger partial charge in [0.2, 0.25) is 0 Å². The number of benzene rings is 1. The van der Waals surface area contributed by atoms with Gasteiger partial charge in [0.15, 0.2) is 0 Å². The van der Waals surface area contributed by atoms with Gasteiger partial charge in [0.25, 0.3) is 0 Å². The summed E-state index contributed by atoms with van der Waals surface area (Å²) in [5.74, 6) is -0.0355. The largest absolute Gasteiger partial charge is 0.494 e. The highest BCUT2D eigenvalue weighted by Gasteiger charge is 2.28. The quantitative estimate of drug-likeness (QED) is 0.898. The third kappa shape index (κ3) is 3.73. The summed E-state index contributed by atoms with van der Waals surface area (Å²) >= 11 is 0. The summed E-state index contributed by atoms with van der Waals surface area (Å²) in [6.07, 6.45) is 4.55. The highest BCUT2D eigenvalue weighted by Crippen LogP contribution is 2.27. The molecule has 0 spiro atoms. The molecule has 1 aliphatic rings. The number of carbonyl (C=O) groups is 1. The van der Waals surface area contributed by atoms with E-state index >= 15 is 0 Å². The van der Waals surface area contributed by atoms with E-state index in [2.05, 4.69) is 4.90 Å². The molecule has 1 aliphatic heterocycles. The van der Waals surface area contributed by atoms with Crippen LogP contribution in [0.1, 0.15) is 44.2 Å². The number of likely N-dealkylation sites (tertiary alicyclic amines) is 1. The van der Waals surface area contributed by atoms with Gasteiger partial charge in [0.1, 0.15) is 11.8 Å². The zero-order chi connectivity index (χ0) is 14.4. The molecule has 0 saturated carbocycles. The van der Waals surface area contributed by atoms with E-state index in [9.17, 15) is 9.90 Å². The molecule has 0 radical (unpaired) electrons. The molecule has 1 atom stereocenters. The molecule has 1 unspecified atom stereocenters. The van der Waals surface area contributed by atoms with E-state index in [-0.39, 0.29) is 0 Å². The number of rotatable bonds is 5. The predicted octanol–water partition coefficient (Wildman–Crippen LogP) is 3.09. The third-order valence-electron chi connectivity index (χ3n) is 3.72. The third-order valence-corrected chi connectivity index (χ3v) is 3.72. The van der Waals surface area contributed by atoms with Crippen LogP contribution >= 0.6 is 0 Å². The number of hydrogen-bond acceptors (Lipinski definition) is 3. The Morgan fingerprint density at radius 1 is 1.30 bits per heavy atom. The Balaban J connectivity index is 2.22. The van der Waals surface area contributed by atoms with Crippen molar-refractivity contribution in [3.8, 4) is 5.75 Å². The fraction of sp³-hybridized carbons (Fsp3) is 0.562. The maximum absolute atomic E-state index is 11.7. The topological polar surface area (TPSA) is 49.8 Å². The van der Waals surface area contributed by atoms with Crippen molar-refractivity contribution in [3.05, 3.63) is 29.8 Å². The minimum atomic E-state index is -0.777. The summed E-state index contributed by atoms with van der Waals surface area (Å²) in [4.78, 5) is 13.8. The van der Waals surface area contributed by atoms with Crippen molar-refractivity contribution in [3.63, 3.8) is 0 Å². The molecule has 1 saturated heterocycles. The van der Waals surface area contributed by atoms with Crippen LogP contribution in [0.25, 0.3) is 0 Å². The van der Waals surface area contributed by atoms with E-state index in [0.29, 0.717) is 6.61 Å². The molecule has 1 heterocycles. The Kier molecular flexibility index (Phi) is 5.41. The van der Waals surface area contributed by atoms with Crippen LogP contribution in [0.5, 0.6) is 5.75 Å². The van der Waals surface area contributed by atoms with Crippen LogP contribution in [0, 0.1) is 0 Å². The van der Waals surface area contributed by atoms with Crippen molar-refractivity contribution in [1.82, 2.24) is 4.90 Å². The molecule has 4 nitrogen and oxygen atoms in total. The van der Waals surface area contributed by atoms with E-state index in [4.69, 9.17) is 4.74 Å². The van der Waals surface area contributed by atoms with E-state index in [1.807, 2.05) is 31.2 Å². The molecule has 1 aromatic rings. The first-order valence-corrected chi connectivity index (χ1v) is 7.42. The van der Waals surface area contributed by atoms with Crippen LogP contribution in [0.3, 0.4) is 0 Å². The molecular formula is C16H23NO3. The molecule has 1 fully saturated rings. The van der Waals surface area contributed by atoms with Gasteiger partial charge < -0.3 is 9.84 Å². The summed E-state index contributed by atoms with van der Waals surface area (Å²) in [5, 5.41) is 9.61. The fourth-order valence-electron chi connectivity index (χ4n) is 2.80. The predicted molar refractivity (Wildman–Crippen MR) is 78.0 cm³/mol. The number of nitrogens with zero attached hydrogens (tertiary/aromatic N) is 1. The van der Waals surface area contributed by atoms with Gasteiger partial charge in [0.05, 0.1) is 6.61 Å². The van der Waals surface area contributed by atoms with Crippen molar-refractivity contribution in [2.45, 2.75) is 38.6 Å². The van der Waals surface area contributed by atoms with Gasteiger partial charge in [-0.3, -0.25) is 9.69 Å². The monoisotopic (exact) mass is 277 g/mol. The smallest absolute Gasteiger partial charge is 0.325 e. The molecule has 110 valence electrons. The number of ether oxygens (including phenoxy) is 1. The lowest BCUT2D eigenvalue weighted by Crippen LogP contribution is -2.34. The lowest BCUT2D eigenvalue weighted by Gasteiger charge is -2.27. The van der Waals surface area contributed by atoms with Gasteiger partial charge in [-0.15, -0.1) is 0 Å². The average Bonchev–Trinajstić information content (AvgIpc) is 2.68. The highest BCUT2D eigenvalue weighted by molar-refractivity contribution is 5.75. The molecule has 0 amide bonds. The van der Waals surface area contributed by atoms with Crippen molar-refractivity contribution in [1.29, 1.82) is 0 Å². The molecule has 4 heteroatoms. The first-order chi connectivity index (χ1) is 9.72. The molecule has 1 N–H and O–H groups in total. The molecule has 0 bridgehead atoms. The Morgan fingerprint density at radius 3 is 2.60 bits per heavy atom. The fourth-order valence-corrected chi connectivity index (χ4v) is 2.80. The van der Waals surface area contributed by atoms with Crippen molar-refractivity contribution < 1.29 is 14.6 Å². The van der Waals surface area contributed by atoms with Crippen LogP contribution in [-0.2, 0) is 4.79 Å². The second-order valence-corrected chi connectivity index (χ2v) is 5.20. The van der Waals surface area contributed by atoms with Crippen molar-refractivity contribution in [2.75, 3.05) is 19.7 Å². The molecule has 2 rings (SSSR count). The van der Waals surface area contributed by atoms with Gasteiger partial charge in [-0.1, -0.05) is 25.0 Å². The minimum Gasteiger partial charge on any atom is -0.494 e. The second kappa shape index (κ2) is 7.29. The normalized spacial score (nSPS) is 18.2. The van der Waals surface area contributed by atoms with Gasteiger partial charge in [-0.2, -0.15) is 0 Å². The summed E-state index contributed by atoms with van der Waals surface area (Å²) < 4.78 is 5.48. The number of carboxylic acids is 1. The number of aliphatic carboxylic acids is 1. The maximum atomic E-state index is 11.7. The van der Waals surface area contributed by atoms with E-state index in [1.165, 1.54) is 12.8 Å². The molecule has 20 heavy (non-hydrogen) atoms. The van der Waals surface area contributed by atoms with Crippen LogP contribution in [0.15, 0.2) is 24.3 Å². The van der Waals surface area contributed by atoms with E-state index in [1.54, 1.807) is 0 Å². The maximum Gasteiger partial charge on any atom is 0.325 e. The van der Waals surface area contributed by atoms with Crippen LogP contribution < -0.4 is 4.74 Å². The van der Waals surface area contributed by atoms with E-state index < -0.39 is 12.0 Å². The van der Waals surface area contributed by atoms with Gasteiger partial charge in [-0.05, 0) is 50.6 Å². The number of hydrogen-bond donors (Lipinski definition) is 1. The zero-order valence-corrected chi connectivity index (χ0v) is 12.0. The molecule has 0 aromatic heterocycles. The lowest BCUT2D eigenvalue weighted by molar-refractivity contribution is -0.143. The number of carboxylic acid groups (broad SMARTS) is 1. The SMILES string of the molecule is CCOc1cccc(C(C(=O)O)N2CCCCCC2)c1. The highest BCUT2D eigenvalue weighted by atomic mass is 16.5. The molecular weight excluding hydrogens is 254 g/mol. The average molecular weight is 277 g/mol. The van der Waals surface area contributed by atoms with Crippen LogP contribution in [0.4, 0.5) is 0 Å². The van der Waals surface area contributed by atoms with Gasteiger partial charge in [0, 0.05) is 0 Å². The van der Waals surface area contributed by atoms with Gasteiger partial charge >= 0.3 is 5.97 Å². The van der Waals surface area contributed by atoms with Crippen LogP contribution in [-0.4, -0.2) is 35.7 Å². The standard InChI is InChI=1S/C16H23NO3/c1-2-20-14-9-7-8-13(12-14)15(16(18)19)17-10-5-3-4-6-11-17/h7-9,12,15H,2-6,10-11H2,1H3,(H,18,19). The minimum absolute atomic E-state index is 0.562. The Labute approximate surface area is 120 Å². The second-order valence-electron chi connectivity index (χ2n) is 5.20. The van der Waals surface area contributed by atoms with Gasteiger partial charge in [-0.25, -0.2) is 0 Å². The Bertz CT molecular complexity index is 439. The summed E-state index contributed by atoms with van der Waals surface area (Å²) in [7, 11) is 0. The molecule has 1 aromatic carbocycles. The lowest BCUT2D eigenvalue weighted by atomic mass is 10.0. The van der Waals surface area contributed by atoms with E-state index in [0.717, 1.165) is 37.2 Å². The molecule has 0 aliphatic carbocycles. The zero-order valence-electron chi connectivity index (χ0n) is 12.0. The summed E-state index contributed by atoms with van der Waals surface area (Å²) in [6, 6.07) is 6.91.